The third kappa shape index (κ3) is 6.06. The Hall–Kier alpha value is -2.46. The van der Waals surface area contributed by atoms with Gasteiger partial charge in [-0.2, -0.15) is 10.5 Å². The molecule has 82 valence electrons. The number of nitrogens with zero attached hydrogens (tertiary/aromatic N) is 3. The molecule has 0 saturated carbocycles. The van der Waals surface area contributed by atoms with Gasteiger partial charge in [0.25, 0.3) is 0 Å². The van der Waals surface area contributed by atoms with Crippen molar-refractivity contribution in [1.29, 1.82) is 10.5 Å². The quantitative estimate of drug-likeness (QED) is 0.443. The number of nitriles is 2. The van der Waals surface area contributed by atoms with Gasteiger partial charge in [-0.3, -0.25) is 0 Å². The molecule has 1 N–H and O–H groups in total. The highest BCUT2D eigenvalue weighted by Crippen LogP contribution is 2.10. The summed E-state index contributed by atoms with van der Waals surface area (Å²) >= 11 is 0. The number of allylic oxidation sites excluding steroid dienone is 3. The zero-order valence-corrected chi connectivity index (χ0v) is 9.06. The molecule has 0 atom stereocenters. The molecule has 0 spiro atoms. The zero-order chi connectivity index (χ0) is 12.2. The first-order chi connectivity index (χ1) is 7.78. The lowest BCUT2D eigenvalue weighted by atomic mass is 10.1. The van der Waals surface area contributed by atoms with Gasteiger partial charge >= 0.3 is 0 Å². The largest absolute Gasteiger partial charge is 0.351 e. The van der Waals surface area contributed by atoms with Gasteiger partial charge in [-0.1, -0.05) is 18.7 Å². The molecule has 0 aromatic rings. The molecule has 0 aromatic heterocycles. The van der Waals surface area contributed by atoms with Gasteiger partial charge in [-0.05, 0) is 24.3 Å². The minimum Gasteiger partial charge on any atom is -0.351 e. The second kappa shape index (κ2) is 9.11. The number of nitrogens with one attached hydrogen (secondary N) is 1. The molecule has 0 aromatic carbocycles. The molecule has 1 aliphatic heterocycles. The Morgan fingerprint density at radius 1 is 1.44 bits per heavy atom. The highest BCUT2D eigenvalue weighted by molar-refractivity contribution is 5.21. The van der Waals surface area contributed by atoms with Crippen LogP contribution in [0.2, 0.25) is 0 Å². The van der Waals surface area contributed by atoms with Crippen molar-refractivity contribution in [2.75, 3.05) is 6.54 Å². The van der Waals surface area contributed by atoms with E-state index in [1.165, 1.54) is 18.0 Å². The van der Waals surface area contributed by atoms with E-state index in [-0.39, 0.29) is 0 Å². The van der Waals surface area contributed by atoms with Crippen LogP contribution in [0.1, 0.15) is 6.42 Å². The molecular weight excluding hydrogens is 200 g/mol. The van der Waals surface area contributed by atoms with E-state index in [9.17, 15) is 0 Å². The van der Waals surface area contributed by atoms with Crippen molar-refractivity contribution in [3.8, 4) is 12.4 Å². The van der Waals surface area contributed by atoms with E-state index >= 15 is 0 Å². The second-order valence-electron chi connectivity index (χ2n) is 2.86. The van der Waals surface area contributed by atoms with Crippen LogP contribution in [-0.4, -0.2) is 11.4 Å². The van der Waals surface area contributed by atoms with Crippen LogP contribution in [-0.2, 0) is 0 Å². The second-order valence-corrected chi connectivity index (χ2v) is 2.86. The van der Waals surface area contributed by atoms with Crippen molar-refractivity contribution >= 4 is 0 Å². The lowest BCUT2D eigenvalue weighted by Gasteiger charge is -2.19. The van der Waals surface area contributed by atoms with Gasteiger partial charge in [0, 0.05) is 12.7 Å². The third-order valence-electron chi connectivity index (χ3n) is 1.75. The molecule has 1 heterocycles. The predicted octanol–water partition coefficient (Wildman–Crippen LogP) is 2.00. The minimum absolute atomic E-state index is 0.950. The maximum atomic E-state index is 7.48. The van der Waals surface area contributed by atoms with Crippen molar-refractivity contribution in [2.45, 2.75) is 6.42 Å². The summed E-state index contributed by atoms with van der Waals surface area (Å²) in [6.45, 7) is 8.35. The predicted molar refractivity (Wildman–Crippen MR) is 63.3 cm³/mol. The molecule has 16 heavy (non-hydrogen) atoms. The summed E-state index contributed by atoms with van der Waals surface area (Å²) in [7, 11) is 0. The molecule has 0 fully saturated rings. The van der Waals surface area contributed by atoms with Gasteiger partial charge in [-0.25, -0.2) is 5.32 Å². The molecule has 0 saturated heterocycles. The Balaban J connectivity index is 0.000000385. The average Bonchev–Trinajstić information content (AvgIpc) is 2.32. The van der Waals surface area contributed by atoms with Gasteiger partial charge in [0.15, 0.2) is 12.4 Å². The first-order valence-corrected chi connectivity index (χ1v) is 4.67. The number of hydrogen-bond donors (Lipinski definition) is 1. The van der Waals surface area contributed by atoms with Crippen LogP contribution in [0, 0.1) is 22.9 Å². The van der Waals surface area contributed by atoms with Crippen LogP contribution in [0.25, 0.3) is 0 Å². The van der Waals surface area contributed by atoms with Gasteiger partial charge in [0.2, 0.25) is 0 Å². The fourth-order valence-corrected chi connectivity index (χ4v) is 1.10. The minimum atomic E-state index is 0.950. The first kappa shape index (κ1) is 13.5. The summed E-state index contributed by atoms with van der Waals surface area (Å²) < 4.78 is 0. The summed E-state index contributed by atoms with van der Waals surface area (Å²) in [5.41, 5.74) is 1.38. The van der Waals surface area contributed by atoms with E-state index in [4.69, 9.17) is 10.5 Å². The summed E-state index contributed by atoms with van der Waals surface area (Å²) in [4.78, 5) is 2.05. The van der Waals surface area contributed by atoms with E-state index in [0.29, 0.717) is 0 Å². The fourth-order valence-electron chi connectivity index (χ4n) is 1.10. The van der Waals surface area contributed by atoms with Crippen molar-refractivity contribution in [1.82, 2.24) is 10.2 Å². The topological polar surface area (TPSA) is 62.9 Å². The third-order valence-corrected chi connectivity index (χ3v) is 1.75. The van der Waals surface area contributed by atoms with Crippen molar-refractivity contribution in [3.63, 3.8) is 0 Å². The molecule has 0 bridgehead atoms. The molecule has 0 aliphatic carbocycles. The molecule has 4 nitrogen and oxygen atoms in total. The maximum absolute atomic E-state index is 7.48. The van der Waals surface area contributed by atoms with Gasteiger partial charge in [0.05, 0.1) is 0 Å². The van der Waals surface area contributed by atoms with Crippen LogP contribution in [0.5, 0.6) is 0 Å². The Morgan fingerprint density at radius 2 is 2.12 bits per heavy atom. The van der Waals surface area contributed by atoms with Crippen LogP contribution in [0.4, 0.5) is 0 Å². The fraction of sp³-hybridized carbons (Fsp3) is 0.167. The zero-order valence-electron chi connectivity index (χ0n) is 9.06. The Labute approximate surface area is 96.1 Å². The van der Waals surface area contributed by atoms with E-state index in [1.807, 2.05) is 24.6 Å². The number of hydrogen-bond acceptors (Lipinski definition) is 4. The summed E-state index contributed by atoms with van der Waals surface area (Å²) in [5.74, 6) is 0. The van der Waals surface area contributed by atoms with Crippen molar-refractivity contribution in [2.24, 2.45) is 0 Å². The monoisotopic (exact) mass is 214 g/mol. The molecule has 4 heteroatoms. The molecule has 0 unspecified atom stereocenters. The number of rotatable bonds is 3. The summed E-state index contributed by atoms with van der Waals surface area (Å²) in [6.07, 6.45) is 13.7. The molecule has 1 rings (SSSR count). The average molecular weight is 214 g/mol. The lowest BCUT2D eigenvalue weighted by molar-refractivity contribution is 0.540. The molecule has 0 amide bonds. The van der Waals surface area contributed by atoms with Crippen LogP contribution in [0.15, 0.2) is 49.4 Å². The maximum Gasteiger partial charge on any atom is 0.190 e. The Kier molecular flexibility index (Phi) is 7.71. The smallest absolute Gasteiger partial charge is 0.190 e. The van der Waals surface area contributed by atoms with E-state index in [0.717, 1.165) is 13.0 Å². The molecule has 1 aliphatic rings. The molecular formula is C12H14N4. The first-order valence-electron chi connectivity index (χ1n) is 4.67. The molecule has 0 radical (unpaired) electrons. The van der Waals surface area contributed by atoms with Gasteiger partial charge in [-0.15, -0.1) is 6.58 Å². The van der Waals surface area contributed by atoms with Gasteiger partial charge < -0.3 is 4.90 Å². The SMILES string of the molecule is C=CCC1=CC=CN(C=C)C1.N#CNC#N. The van der Waals surface area contributed by atoms with Crippen molar-refractivity contribution < 1.29 is 0 Å². The van der Waals surface area contributed by atoms with Crippen LogP contribution in [0.3, 0.4) is 0 Å². The van der Waals surface area contributed by atoms with E-state index < -0.39 is 0 Å². The summed E-state index contributed by atoms with van der Waals surface area (Å²) in [5, 5.41) is 16.7. The Bertz CT molecular complexity index is 353. The van der Waals surface area contributed by atoms with E-state index in [2.05, 4.69) is 24.1 Å². The van der Waals surface area contributed by atoms with Gasteiger partial charge in [0.1, 0.15) is 0 Å². The van der Waals surface area contributed by atoms with Crippen molar-refractivity contribution in [3.05, 3.63) is 49.4 Å². The van der Waals surface area contributed by atoms with E-state index in [1.54, 1.807) is 5.32 Å². The summed E-state index contributed by atoms with van der Waals surface area (Å²) in [6, 6.07) is 0. The Morgan fingerprint density at radius 3 is 2.56 bits per heavy atom. The highest BCUT2D eigenvalue weighted by Gasteiger charge is 2.01. The lowest BCUT2D eigenvalue weighted by Crippen LogP contribution is -2.14. The standard InChI is InChI=1S/C10H13N.C2HN3/c1-3-6-10-7-5-8-11(4-2)9-10;3-1-5-2-4/h3-5,7-8H,1-2,6,9H2;5H. The van der Waals surface area contributed by atoms with Crippen LogP contribution < -0.4 is 5.32 Å². The van der Waals surface area contributed by atoms with Crippen LogP contribution >= 0.6 is 0 Å². The highest BCUT2D eigenvalue weighted by atomic mass is 15.1. The normalized spacial score (nSPS) is 12.1.